The topological polar surface area (TPSA) is 17.1 Å². The van der Waals surface area contributed by atoms with Crippen LogP contribution in [0.25, 0.3) is 0 Å². The van der Waals surface area contributed by atoms with Crippen LogP contribution >= 0.6 is 11.6 Å². The van der Waals surface area contributed by atoms with Gasteiger partial charge in [0.2, 0.25) is 0 Å². The van der Waals surface area contributed by atoms with Crippen LogP contribution in [0.5, 0.6) is 0 Å². The summed E-state index contributed by atoms with van der Waals surface area (Å²) in [4.78, 5) is 0.688. The van der Waals surface area contributed by atoms with E-state index in [2.05, 4.69) is 6.58 Å². The first kappa shape index (κ1) is 8.50. The Balaban J connectivity index is 2.95. The highest BCUT2D eigenvalue weighted by Crippen LogP contribution is 2.14. The number of benzene rings is 1. The molecule has 0 radical (unpaired) electrons. The van der Waals surface area contributed by atoms with E-state index in [4.69, 9.17) is 11.6 Å². The summed E-state index contributed by atoms with van der Waals surface area (Å²) in [5.41, 5.74) is 0. The minimum absolute atomic E-state index is 0.163. The molecular formula is C8H7ClOS. The van der Waals surface area contributed by atoms with Gasteiger partial charge in [-0.1, -0.05) is 36.4 Å². The molecule has 0 heterocycles. The van der Waals surface area contributed by atoms with Crippen molar-refractivity contribution in [2.75, 3.05) is 0 Å². The van der Waals surface area contributed by atoms with E-state index in [-0.39, 0.29) is 4.36 Å². The monoisotopic (exact) mass is 186 g/mol. The highest BCUT2D eigenvalue weighted by molar-refractivity contribution is 7.90. The first-order valence-electron chi connectivity index (χ1n) is 3.03. The quantitative estimate of drug-likeness (QED) is 0.694. The zero-order valence-corrected chi connectivity index (χ0v) is 7.36. The summed E-state index contributed by atoms with van der Waals surface area (Å²) in [5, 5.41) is 0. The van der Waals surface area contributed by atoms with Gasteiger partial charge in [-0.2, -0.15) is 0 Å². The predicted molar refractivity (Wildman–Crippen MR) is 47.8 cm³/mol. The van der Waals surface area contributed by atoms with Crippen molar-refractivity contribution in [3.63, 3.8) is 0 Å². The Kier molecular flexibility index (Phi) is 2.85. The predicted octanol–water partition coefficient (Wildman–Crippen LogP) is 2.50. The zero-order valence-electron chi connectivity index (χ0n) is 5.79. The second-order valence-electron chi connectivity index (χ2n) is 1.94. The van der Waals surface area contributed by atoms with Gasteiger partial charge in [0, 0.05) is 4.90 Å². The highest BCUT2D eigenvalue weighted by Gasteiger charge is 2.03. The van der Waals surface area contributed by atoms with Gasteiger partial charge in [0.05, 0.1) is 10.8 Å². The maximum Gasteiger partial charge on any atom is 0.102 e. The molecule has 1 rings (SSSR count). The van der Waals surface area contributed by atoms with Gasteiger partial charge in [-0.25, -0.2) is 4.21 Å². The summed E-state index contributed by atoms with van der Waals surface area (Å²) in [6, 6.07) is 8.99. The molecule has 1 unspecified atom stereocenters. The van der Waals surface area contributed by atoms with Gasteiger partial charge in [-0.05, 0) is 12.1 Å². The lowest BCUT2D eigenvalue weighted by Gasteiger charge is -1.96. The van der Waals surface area contributed by atoms with Crippen molar-refractivity contribution < 1.29 is 4.21 Å². The molecule has 1 aromatic carbocycles. The fourth-order valence-electron chi connectivity index (χ4n) is 0.672. The molecule has 0 aliphatic rings. The molecule has 11 heavy (non-hydrogen) atoms. The van der Waals surface area contributed by atoms with Crippen LogP contribution in [0.3, 0.4) is 0 Å². The van der Waals surface area contributed by atoms with E-state index in [1.54, 1.807) is 12.1 Å². The van der Waals surface area contributed by atoms with Gasteiger partial charge in [0.25, 0.3) is 0 Å². The Morgan fingerprint density at radius 2 is 1.91 bits per heavy atom. The average molecular weight is 187 g/mol. The standard InChI is InChI=1S/C8H7ClOS/c1-7(9)11(10)8-5-3-2-4-6-8/h2-6H,1H2. The third-order valence-electron chi connectivity index (χ3n) is 1.16. The molecule has 1 aromatic rings. The maximum absolute atomic E-state index is 11.2. The van der Waals surface area contributed by atoms with E-state index < -0.39 is 10.8 Å². The number of halogens is 1. The number of hydrogen-bond donors (Lipinski definition) is 0. The van der Waals surface area contributed by atoms with E-state index in [0.29, 0.717) is 4.90 Å². The summed E-state index contributed by atoms with van der Waals surface area (Å²) in [6.07, 6.45) is 0. The van der Waals surface area contributed by atoms with Gasteiger partial charge in [-0.15, -0.1) is 0 Å². The average Bonchev–Trinajstić information content (AvgIpc) is 2.05. The van der Waals surface area contributed by atoms with E-state index >= 15 is 0 Å². The van der Waals surface area contributed by atoms with Gasteiger partial charge in [-0.3, -0.25) is 0 Å². The van der Waals surface area contributed by atoms with Crippen molar-refractivity contribution in [3.05, 3.63) is 41.3 Å². The number of hydrogen-bond acceptors (Lipinski definition) is 1. The van der Waals surface area contributed by atoms with Crippen LogP contribution in [0.2, 0.25) is 0 Å². The summed E-state index contributed by atoms with van der Waals surface area (Å²) >= 11 is 5.47. The van der Waals surface area contributed by atoms with Gasteiger partial charge in [0.1, 0.15) is 4.36 Å². The van der Waals surface area contributed by atoms with E-state index in [0.717, 1.165) is 0 Å². The molecule has 0 N–H and O–H groups in total. The lowest BCUT2D eigenvalue weighted by molar-refractivity contribution is 0.688. The van der Waals surface area contributed by atoms with Crippen LogP contribution in [0, 0.1) is 0 Å². The van der Waals surface area contributed by atoms with Crippen LogP contribution in [0.1, 0.15) is 0 Å². The van der Waals surface area contributed by atoms with E-state index in [1.165, 1.54) is 0 Å². The molecule has 0 bridgehead atoms. The Labute approximate surface area is 73.1 Å². The van der Waals surface area contributed by atoms with Crippen molar-refractivity contribution in [2.45, 2.75) is 4.90 Å². The second-order valence-corrected chi connectivity index (χ2v) is 4.12. The Bertz CT molecular complexity index is 281. The van der Waals surface area contributed by atoms with Crippen LogP contribution in [0.4, 0.5) is 0 Å². The summed E-state index contributed by atoms with van der Waals surface area (Å²) in [7, 11) is -1.26. The Morgan fingerprint density at radius 3 is 2.36 bits per heavy atom. The fraction of sp³-hybridized carbons (Fsp3) is 0. The Morgan fingerprint density at radius 1 is 1.36 bits per heavy atom. The van der Waals surface area contributed by atoms with Crippen molar-refractivity contribution in [3.8, 4) is 0 Å². The molecule has 0 aliphatic carbocycles. The minimum Gasteiger partial charge on any atom is -0.248 e. The van der Waals surface area contributed by atoms with E-state index in [1.807, 2.05) is 18.2 Å². The normalized spacial score (nSPS) is 12.5. The maximum atomic E-state index is 11.2. The van der Waals surface area contributed by atoms with Crippen LogP contribution in [-0.2, 0) is 10.8 Å². The smallest absolute Gasteiger partial charge is 0.102 e. The molecule has 0 fully saturated rings. The molecule has 0 amide bonds. The molecule has 0 aromatic heterocycles. The van der Waals surface area contributed by atoms with Crippen LogP contribution in [0.15, 0.2) is 46.2 Å². The molecule has 58 valence electrons. The van der Waals surface area contributed by atoms with Crippen molar-refractivity contribution in [1.82, 2.24) is 0 Å². The largest absolute Gasteiger partial charge is 0.248 e. The molecule has 0 saturated heterocycles. The molecule has 1 atom stereocenters. The van der Waals surface area contributed by atoms with Crippen molar-refractivity contribution in [2.24, 2.45) is 0 Å². The molecule has 3 heteroatoms. The van der Waals surface area contributed by atoms with Crippen LogP contribution < -0.4 is 0 Å². The van der Waals surface area contributed by atoms with Gasteiger partial charge in [0.15, 0.2) is 0 Å². The number of rotatable bonds is 2. The van der Waals surface area contributed by atoms with Crippen LogP contribution in [-0.4, -0.2) is 4.21 Å². The van der Waals surface area contributed by atoms with Crippen molar-refractivity contribution in [1.29, 1.82) is 0 Å². The summed E-state index contributed by atoms with van der Waals surface area (Å²) in [6.45, 7) is 3.40. The third-order valence-corrected chi connectivity index (χ3v) is 2.68. The summed E-state index contributed by atoms with van der Waals surface area (Å²) < 4.78 is 11.4. The molecule has 0 saturated carbocycles. The first-order valence-corrected chi connectivity index (χ1v) is 4.56. The van der Waals surface area contributed by atoms with Gasteiger partial charge < -0.3 is 0 Å². The van der Waals surface area contributed by atoms with Crippen molar-refractivity contribution >= 4 is 22.4 Å². The lowest BCUT2D eigenvalue weighted by atomic mass is 10.4. The fourth-order valence-corrected chi connectivity index (χ4v) is 1.60. The molecule has 0 spiro atoms. The minimum atomic E-state index is -1.26. The first-order chi connectivity index (χ1) is 5.22. The summed E-state index contributed by atoms with van der Waals surface area (Å²) in [5.74, 6) is 0. The van der Waals surface area contributed by atoms with E-state index in [9.17, 15) is 4.21 Å². The lowest BCUT2D eigenvalue weighted by Crippen LogP contribution is -1.87. The second kappa shape index (κ2) is 3.69. The molecular weight excluding hydrogens is 180 g/mol. The zero-order chi connectivity index (χ0) is 8.27. The molecule has 1 nitrogen and oxygen atoms in total. The van der Waals surface area contributed by atoms with Gasteiger partial charge >= 0.3 is 0 Å². The molecule has 0 aliphatic heterocycles. The Hall–Kier alpha value is -0.600. The third kappa shape index (κ3) is 2.17. The SMILES string of the molecule is C=C(Cl)S(=O)c1ccccc1. The highest BCUT2D eigenvalue weighted by atomic mass is 35.5.